The molecule has 0 aliphatic carbocycles. The van der Waals surface area contributed by atoms with Crippen LogP contribution in [0.4, 0.5) is 8.78 Å². The Morgan fingerprint density at radius 1 is 1.22 bits per heavy atom. The summed E-state index contributed by atoms with van der Waals surface area (Å²) in [7, 11) is -2.60. The molecule has 1 saturated heterocycles. The van der Waals surface area contributed by atoms with Crippen LogP contribution in [0.2, 0.25) is 0 Å². The molecule has 1 atom stereocenters. The summed E-state index contributed by atoms with van der Waals surface area (Å²) >= 11 is 0. The van der Waals surface area contributed by atoms with Gasteiger partial charge in [-0.15, -0.1) is 0 Å². The van der Waals surface area contributed by atoms with E-state index in [1.54, 1.807) is 12.3 Å². The second kappa shape index (κ2) is 6.33. The molecule has 1 amide bonds. The molecule has 1 unspecified atom stereocenters. The van der Waals surface area contributed by atoms with E-state index >= 15 is 0 Å². The monoisotopic (exact) mass is 392 g/mol. The fourth-order valence-corrected chi connectivity index (χ4v) is 5.55. The number of rotatable bonds is 3. The number of fused-ring (bicyclic) bond motifs is 1. The Labute approximate surface area is 155 Å². The molecule has 1 aromatic heterocycles. The lowest BCUT2D eigenvalue weighted by Crippen LogP contribution is -2.12. The summed E-state index contributed by atoms with van der Waals surface area (Å²) < 4.78 is 47.4. The fourth-order valence-electron chi connectivity index (χ4n) is 3.73. The van der Waals surface area contributed by atoms with Crippen LogP contribution in [0.25, 0.3) is 22.0 Å². The van der Waals surface area contributed by atoms with E-state index < -0.39 is 28.1 Å². The van der Waals surface area contributed by atoms with Crippen molar-refractivity contribution in [3.8, 4) is 11.1 Å². The van der Waals surface area contributed by atoms with Crippen LogP contribution in [-0.4, -0.2) is 31.5 Å². The predicted octanol–water partition coefficient (Wildman–Crippen LogP) is 4.45. The second-order valence-corrected chi connectivity index (χ2v) is 9.18. The SMILES string of the molecule is NC(=O)c1cc(-c2ccc(F)cc2F)cc2c(C3CCS(O)(O)C3)c[nH]c12. The molecule has 2 aromatic carbocycles. The summed E-state index contributed by atoms with van der Waals surface area (Å²) in [6.45, 7) is 0. The molecule has 1 fully saturated rings. The number of nitrogens with two attached hydrogens (primary N) is 1. The lowest BCUT2D eigenvalue weighted by atomic mass is 9.93. The Morgan fingerprint density at radius 2 is 2.00 bits per heavy atom. The zero-order valence-corrected chi connectivity index (χ0v) is 15.0. The van der Waals surface area contributed by atoms with Gasteiger partial charge in [0.15, 0.2) is 0 Å². The highest BCUT2D eigenvalue weighted by atomic mass is 32.3. The molecule has 5 N–H and O–H groups in total. The number of aromatic nitrogens is 1. The van der Waals surface area contributed by atoms with E-state index in [4.69, 9.17) is 5.73 Å². The van der Waals surface area contributed by atoms with Crippen LogP contribution in [0.5, 0.6) is 0 Å². The van der Waals surface area contributed by atoms with Crippen LogP contribution < -0.4 is 5.73 Å². The normalized spacial score (nSPS) is 20.1. The van der Waals surface area contributed by atoms with Crippen LogP contribution in [0.15, 0.2) is 36.5 Å². The number of carbonyl (C=O) groups excluding carboxylic acids is 1. The summed E-state index contributed by atoms with van der Waals surface area (Å²) in [5.41, 5.74) is 7.61. The van der Waals surface area contributed by atoms with E-state index in [2.05, 4.69) is 4.98 Å². The molecule has 1 aliphatic rings. The molecule has 4 rings (SSSR count). The van der Waals surface area contributed by atoms with Gasteiger partial charge in [-0.3, -0.25) is 13.9 Å². The Hall–Kier alpha value is -2.42. The van der Waals surface area contributed by atoms with Crippen molar-refractivity contribution < 1.29 is 22.7 Å². The summed E-state index contributed by atoms with van der Waals surface area (Å²) in [5, 5.41) is 0.673. The Morgan fingerprint density at radius 3 is 2.63 bits per heavy atom. The highest BCUT2D eigenvalue weighted by Crippen LogP contribution is 2.52. The van der Waals surface area contributed by atoms with E-state index in [9.17, 15) is 22.7 Å². The number of H-pyrrole nitrogens is 1. The number of carbonyl (C=O) groups is 1. The fraction of sp³-hybridized carbons (Fsp3) is 0.211. The quantitative estimate of drug-likeness (QED) is 0.530. The van der Waals surface area contributed by atoms with Gasteiger partial charge in [0.25, 0.3) is 5.91 Å². The maximum atomic E-state index is 14.3. The number of hydrogen-bond acceptors (Lipinski definition) is 3. The summed E-state index contributed by atoms with van der Waals surface area (Å²) in [4.78, 5) is 15.0. The third kappa shape index (κ3) is 3.20. The summed E-state index contributed by atoms with van der Waals surface area (Å²) in [6.07, 6.45) is 2.34. The number of hydrogen-bond donors (Lipinski definition) is 4. The molecule has 142 valence electrons. The molecule has 1 aliphatic heterocycles. The van der Waals surface area contributed by atoms with Gasteiger partial charge in [0.1, 0.15) is 11.6 Å². The van der Waals surface area contributed by atoms with Crippen molar-refractivity contribution in [1.29, 1.82) is 0 Å². The second-order valence-electron chi connectivity index (χ2n) is 6.84. The molecule has 0 radical (unpaired) electrons. The Balaban J connectivity index is 1.91. The van der Waals surface area contributed by atoms with Crippen LogP contribution >= 0.6 is 10.6 Å². The molecule has 27 heavy (non-hydrogen) atoms. The van der Waals surface area contributed by atoms with E-state index in [1.165, 1.54) is 12.1 Å². The first-order valence-electron chi connectivity index (χ1n) is 8.39. The van der Waals surface area contributed by atoms with Crippen LogP contribution in [0, 0.1) is 11.6 Å². The minimum absolute atomic E-state index is 0.0854. The molecular formula is C19H18F2N2O3S. The highest BCUT2D eigenvalue weighted by Gasteiger charge is 2.31. The summed E-state index contributed by atoms with van der Waals surface area (Å²) in [5.74, 6) is -1.60. The van der Waals surface area contributed by atoms with Crippen molar-refractivity contribution >= 4 is 27.4 Å². The number of halogens is 2. The van der Waals surface area contributed by atoms with E-state index in [1.807, 2.05) is 0 Å². The largest absolute Gasteiger partial charge is 0.366 e. The third-order valence-electron chi connectivity index (χ3n) is 5.03. The lowest BCUT2D eigenvalue weighted by molar-refractivity contribution is 0.100. The van der Waals surface area contributed by atoms with E-state index in [0.717, 1.165) is 17.7 Å². The first-order valence-corrected chi connectivity index (χ1v) is 10.3. The van der Waals surface area contributed by atoms with Crippen molar-refractivity contribution in [2.45, 2.75) is 12.3 Å². The van der Waals surface area contributed by atoms with Gasteiger partial charge in [0.2, 0.25) is 0 Å². The molecule has 0 spiro atoms. The summed E-state index contributed by atoms with van der Waals surface area (Å²) in [6, 6.07) is 6.44. The van der Waals surface area contributed by atoms with Gasteiger partial charge in [-0.25, -0.2) is 8.78 Å². The van der Waals surface area contributed by atoms with Gasteiger partial charge in [0.05, 0.1) is 11.1 Å². The van der Waals surface area contributed by atoms with E-state index in [0.29, 0.717) is 28.6 Å². The third-order valence-corrected chi connectivity index (χ3v) is 6.86. The van der Waals surface area contributed by atoms with Crippen LogP contribution in [0.1, 0.15) is 28.3 Å². The number of aromatic amines is 1. The molecule has 0 saturated carbocycles. The lowest BCUT2D eigenvalue weighted by Gasteiger charge is -2.26. The maximum Gasteiger partial charge on any atom is 0.250 e. The number of nitrogens with one attached hydrogen (secondary N) is 1. The average molecular weight is 392 g/mol. The van der Waals surface area contributed by atoms with Crippen molar-refractivity contribution in [2.75, 3.05) is 11.5 Å². The van der Waals surface area contributed by atoms with Gasteiger partial charge >= 0.3 is 0 Å². The molecule has 0 bridgehead atoms. The number of amides is 1. The molecule has 5 nitrogen and oxygen atoms in total. The first-order chi connectivity index (χ1) is 12.7. The average Bonchev–Trinajstić information content (AvgIpc) is 3.16. The van der Waals surface area contributed by atoms with Gasteiger partial charge in [-0.2, -0.15) is 10.6 Å². The molecule has 8 heteroatoms. The zero-order chi connectivity index (χ0) is 19.3. The van der Waals surface area contributed by atoms with E-state index in [-0.39, 0.29) is 22.8 Å². The van der Waals surface area contributed by atoms with Gasteiger partial charge in [-0.05, 0) is 41.8 Å². The Kier molecular flexibility index (Phi) is 4.21. The topological polar surface area (TPSA) is 99.3 Å². The van der Waals surface area contributed by atoms with Crippen LogP contribution in [0.3, 0.4) is 0 Å². The number of benzene rings is 2. The van der Waals surface area contributed by atoms with Gasteiger partial charge in [-0.1, -0.05) is 0 Å². The maximum absolute atomic E-state index is 14.3. The van der Waals surface area contributed by atoms with Crippen molar-refractivity contribution in [2.24, 2.45) is 5.73 Å². The molecule has 3 aromatic rings. The molecule has 2 heterocycles. The van der Waals surface area contributed by atoms with Crippen molar-refractivity contribution in [3.63, 3.8) is 0 Å². The minimum Gasteiger partial charge on any atom is -0.366 e. The number of primary amides is 1. The van der Waals surface area contributed by atoms with Crippen molar-refractivity contribution in [1.82, 2.24) is 4.98 Å². The highest BCUT2D eigenvalue weighted by molar-refractivity contribution is 8.24. The van der Waals surface area contributed by atoms with Gasteiger partial charge in [0, 0.05) is 40.6 Å². The smallest absolute Gasteiger partial charge is 0.250 e. The molecular weight excluding hydrogens is 374 g/mol. The minimum atomic E-state index is -2.60. The van der Waals surface area contributed by atoms with Gasteiger partial charge < -0.3 is 10.7 Å². The predicted molar refractivity (Wildman–Crippen MR) is 102 cm³/mol. The van der Waals surface area contributed by atoms with Crippen LogP contribution in [-0.2, 0) is 0 Å². The Bertz CT molecular complexity index is 1060. The zero-order valence-electron chi connectivity index (χ0n) is 14.2. The van der Waals surface area contributed by atoms with Crippen molar-refractivity contribution in [3.05, 3.63) is 59.3 Å². The standard InChI is InChI=1S/C19H18F2N2O3S/c20-12-1-2-13(17(21)7-12)11-5-14-16(10-3-4-27(25,26)9-10)8-23-18(14)15(6-11)19(22)24/h1-2,5-8,10,23,25-26H,3-4,9H2,(H2,22,24). The first kappa shape index (κ1) is 18.0.